The first kappa shape index (κ1) is 16.8. The normalized spacial score (nSPS) is 11.5. The van der Waals surface area contributed by atoms with Gasteiger partial charge in [0.1, 0.15) is 0 Å². The van der Waals surface area contributed by atoms with Crippen LogP contribution in [0, 0.1) is 17.8 Å². The lowest BCUT2D eigenvalue weighted by Gasteiger charge is -2.25. The van der Waals surface area contributed by atoms with Gasteiger partial charge in [-0.05, 0) is 29.9 Å². The van der Waals surface area contributed by atoms with Gasteiger partial charge < -0.3 is 5.32 Å². The minimum Gasteiger partial charge on any atom is -0.355 e. The molecule has 0 bridgehead atoms. The molecule has 1 N–H and O–H groups in total. The third kappa shape index (κ3) is 8.53. The van der Waals surface area contributed by atoms with Crippen molar-refractivity contribution >= 4 is 17.7 Å². The lowest BCUT2D eigenvalue weighted by atomic mass is 9.85. The fourth-order valence-corrected chi connectivity index (χ4v) is 2.86. The average Bonchev–Trinajstić information content (AvgIpc) is 2.23. The Hall–Kier alpha value is -0.180. The van der Waals surface area contributed by atoms with Crippen molar-refractivity contribution in [3.8, 4) is 0 Å². The molecule has 0 rings (SSSR count). The van der Waals surface area contributed by atoms with Crippen LogP contribution in [0.3, 0.4) is 0 Å². The Morgan fingerprint density at radius 3 is 2.24 bits per heavy atom. The van der Waals surface area contributed by atoms with Crippen LogP contribution < -0.4 is 5.32 Å². The number of nitrogens with one attached hydrogen (secondary N) is 1. The maximum atomic E-state index is 11.6. The van der Waals surface area contributed by atoms with E-state index in [4.69, 9.17) is 0 Å². The van der Waals surface area contributed by atoms with Crippen LogP contribution in [0.5, 0.6) is 0 Å². The number of thioether (sulfide) groups is 1. The first-order valence-corrected chi connectivity index (χ1v) is 7.98. The van der Waals surface area contributed by atoms with Crippen molar-refractivity contribution in [1.82, 2.24) is 5.32 Å². The predicted octanol–water partition coefficient (Wildman–Crippen LogP) is 3.56. The summed E-state index contributed by atoms with van der Waals surface area (Å²) in [6.07, 6.45) is 2.41. The Balaban J connectivity index is 3.73. The fraction of sp³-hybridized carbons (Fsp3) is 0.929. The van der Waals surface area contributed by atoms with E-state index < -0.39 is 0 Å². The van der Waals surface area contributed by atoms with Gasteiger partial charge in [0, 0.05) is 6.54 Å². The van der Waals surface area contributed by atoms with Crippen LogP contribution in [0.15, 0.2) is 0 Å². The quantitative estimate of drug-likeness (QED) is 0.641. The lowest BCUT2D eigenvalue weighted by molar-refractivity contribution is -0.118. The largest absolute Gasteiger partial charge is 0.355 e. The summed E-state index contributed by atoms with van der Waals surface area (Å²) >= 11 is 1.74. The van der Waals surface area contributed by atoms with E-state index >= 15 is 0 Å². The summed E-state index contributed by atoms with van der Waals surface area (Å²) in [5.74, 6) is 3.74. The van der Waals surface area contributed by atoms with Crippen molar-refractivity contribution in [1.29, 1.82) is 0 Å². The third-order valence-electron chi connectivity index (χ3n) is 3.12. The zero-order valence-electron chi connectivity index (χ0n) is 12.1. The second-order valence-electron chi connectivity index (χ2n) is 5.36. The molecule has 3 heteroatoms. The molecule has 0 saturated carbocycles. The molecule has 0 aromatic carbocycles. The Labute approximate surface area is 111 Å². The molecule has 102 valence electrons. The standard InChI is InChI=1S/C14H29NOS/c1-6-7-8-17-10-14(16)15-9-13(11(2)3)12(4)5/h11-13H,6-10H2,1-5H3,(H,15,16). The number of amides is 1. The number of unbranched alkanes of at least 4 members (excludes halogenated alkanes) is 1. The van der Waals surface area contributed by atoms with E-state index in [0.717, 1.165) is 12.3 Å². The summed E-state index contributed by atoms with van der Waals surface area (Å²) in [6, 6.07) is 0. The summed E-state index contributed by atoms with van der Waals surface area (Å²) in [7, 11) is 0. The molecule has 0 saturated heterocycles. The Bertz CT molecular complexity index is 196. The fourth-order valence-electron chi connectivity index (χ4n) is 1.94. The van der Waals surface area contributed by atoms with E-state index in [1.807, 2.05) is 0 Å². The van der Waals surface area contributed by atoms with Gasteiger partial charge in [-0.3, -0.25) is 4.79 Å². The van der Waals surface area contributed by atoms with Gasteiger partial charge in [-0.1, -0.05) is 41.0 Å². The lowest BCUT2D eigenvalue weighted by Crippen LogP contribution is -2.34. The maximum absolute atomic E-state index is 11.6. The summed E-state index contributed by atoms with van der Waals surface area (Å²) in [5, 5.41) is 3.06. The Morgan fingerprint density at radius 1 is 1.18 bits per heavy atom. The molecule has 0 aliphatic carbocycles. The van der Waals surface area contributed by atoms with Crippen LogP contribution >= 0.6 is 11.8 Å². The van der Waals surface area contributed by atoms with E-state index in [2.05, 4.69) is 39.9 Å². The highest BCUT2D eigenvalue weighted by molar-refractivity contribution is 7.99. The molecule has 0 aromatic rings. The molecular weight excluding hydrogens is 230 g/mol. The predicted molar refractivity (Wildman–Crippen MR) is 78.4 cm³/mol. The molecule has 0 spiro atoms. The van der Waals surface area contributed by atoms with Gasteiger partial charge in [0.2, 0.25) is 5.91 Å². The minimum absolute atomic E-state index is 0.192. The van der Waals surface area contributed by atoms with Gasteiger partial charge in [0.25, 0.3) is 0 Å². The van der Waals surface area contributed by atoms with Crippen LogP contribution in [-0.2, 0) is 4.79 Å². The zero-order valence-corrected chi connectivity index (χ0v) is 12.9. The van der Waals surface area contributed by atoms with Crippen LogP contribution in [-0.4, -0.2) is 24.0 Å². The number of hydrogen-bond acceptors (Lipinski definition) is 2. The molecule has 0 fully saturated rings. The van der Waals surface area contributed by atoms with E-state index in [-0.39, 0.29) is 5.91 Å². The average molecular weight is 259 g/mol. The summed E-state index contributed by atoms with van der Waals surface area (Å²) in [4.78, 5) is 11.6. The van der Waals surface area contributed by atoms with Crippen molar-refractivity contribution in [2.24, 2.45) is 17.8 Å². The highest BCUT2D eigenvalue weighted by atomic mass is 32.2. The van der Waals surface area contributed by atoms with E-state index in [1.165, 1.54) is 12.8 Å². The number of hydrogen-bond donors (Lipinski definition) is 1. The van der Waals surface area contributed by atoms with Gasteiger partial charge in [0.15, 0.2) is 0 Å². The molecular formula is C14H29NOS. The molecule has 0 unspecified atom stereocenters. The van der Waals surface area contributed by atoms with E-state index in [9.17, 15) is 4.79 Å². The molecule has 0 atom stereocenters. The second kappa shape index (κ2) is 9.81. The van der Waals surface area contributed by atoms with Crippen molar-refractivity contribution in [2.45, 2.75) is 47.5 Å². The molecule has 17 heavy (non-hydrogen) atoms. The first-order valence-electron chi connectivity index (χ1n) is 6.83. The minimum atomic E-state index is 0.192. The monoisotopic (exact) mass is 259 g/mol. The molecule has 0 aromatic heterocycles. The Kier molecular flexibility index (Phi) is 9.71. The molecule has 0 radical (unpaired) electrons. The van der Waals surface area contributed by atoms with Gasteiger partial charge in [0.05, 0.1) is 5.75 Å². The van der Waals surface area contributed by atoms with Crippen LogP contribution in [0.25, 0.3) is 0 Å². The summed E-state index contributed by atoms with van der Waals surface area (Å²) in [5.41, 5.74) is 0. The van der Waals surface area contributed by atoms with E-state index in [0.29, 0.717) is 23.5 Å². The molecule has 0 aliphatic heterocycles. The maximum Gasteiger partial charge on any atom is 0.230 e. The van der Waals surface area contributed by atoms with Gasteiger partial charge in [-0.25, -0.2) is 0 Å². The van der Waals surface area contributed by atoms with Gasteiger partial charge in [-0.15, -0.1) is 0 Å². The van der Waals surface area contributed by atoms with Gasteiger partial charge >= 0.3 is 0 Å². The molecule has 0 aliphatic rings. The number of carbonyl (C=O) groups excluding carboxylic acids is 1. The number of rotatable bonds is 9. The van der Waals surface area contributed by atoms with Crippen molar-refractivity contribution in [3.05, 3.63) is 0 Å². The smallest absolute Gasteiger partial charge is 0.230 e. The first-order chi connectivity index (χ1) is 7.99. The Morgan fingerprint density at radius 2 is 1.76 bits per heavy atom. The van der Waals surface area contributed by atoms with Crippen molar-refractivity contribution < 1.29 is 4.79 Å². The molecule has 2 nitrogen and oxygen atoms in total. The highest BCUT2D eigenvalue weighted by Crippen LogP contribution is 2.19. The molecule has 0 heterocycles. The van der Waals surface area contributed by atoms with Crippen LogP contribution in [0.4, 0.5) is 0 Å². The molecule has 1 amide bonds. The van der Waals surface area contributed by atoms with Crippen molar-refractivity contribution in [2.75, 3.05) is 18.1 Å². The second-order valence-corrected chi connectivity index (χ2v) is 6.47. The SMILES string of the molecule is CCCCSCC(=O)NCC(C(C)C)C(C)C. The zero-order chi connectivity index (χ0) is 13.3. The summed E-state index contributed by atoms with van der Waals surface area (Å²) in [6.45, 7) is 11.9. The third-order valence-corrected chi connectivity index (χ3v) is 4.17. The number of carbonyl (C=O) groups is 1. The highest BCUT2D eigenvalue weighted by Gasteiger charge is 2.17. The summed E-state index contributed by atoms with van der Waals surface area (Å²) < 4.78 is 0. The van der Waals surface area contributed by atoms with Crippen LogP contribution in [0.1, 0.15) is 47.5 Å². The van der Waals surface area contributed by atoms with Crippen molar-refractivity contribution in [3.63, 3.8) is 0 Å². The van der Waals surface area contributed by atoms with Crippen LogP contribution in [0.2, 0.25) is 0 Å². The van der Waals surface area contributed by atoms with E-state index in [1.54, 1.807) is 11.8 Å². The topological polar surface area (TPSA) is 29.1 Å². The van der Waals surface area contributed by atoms with Gasteiger partial charge in [-0.2, -0.15) is 11.8 Å².